The lowest BCUT2D eigenvalue weighted by Gasteiger charge is -2.41. The minimum Gasteiger partial charge on any atom is -0.310 e. The van der Waals surface area contributed by atoms with Gasteiger partial charge in [-0.1, -0.05) is 6.42 Å². The van der Waals surface area contributed by atoms with Gasteiger partial charge in [0.1, 0.15) is 11.3 Å². The molecule has 0 saturated heterocycles. The third-order valence-corrected chi connectivity index (χ3v) is 5.96. The van der Waals surface area contributed by atoms with Crippen LogP contribution in [0.1, 0.15) is 43.0 Å². The number of halogens is 1. The number of hydrogen-bond donors (Lipinski definition) is 0. The molecule has 1 aliphatic carbocycles. The maximum Gasteiger partial charge on any atom is 0.160 e. The Bertz CT molecular complexity index is 626. The first-order chi connectivity index (χ1) is 9.56. The first-order valence-corrected chi connectivity index (χ1v) is 8.73. The second-order valence-electron chi connectivity index (χ2n) is 5.71. The molecular weight excluding hydrogens is 290 g/mol. The van der Waals surface area contributed by atoms with Crippen molar-refractivity contribution in [3.05, 3.63) is 23.7 Å². The molecule has 1 atom stereocenters. The molecule has 3 nitrogen and oxygen atoms in total. The van der Waals surface area contributed by atoms with Gasteiger partial charge in [0.25, 0.3) is 0 Å². The molecule has 0 aliphatic heterocycles. The number of hydrogen-bond acceptors (Lipinski definition) is 3. The van der Waals surface area contributed by atoms with Gasteiger partial charge in [-0.3, -0.25) is 0 Å². The third kappa shape index (κ3) is 2.23. The van der Waals surface area contributed by atoms with Crippen LogP contribution in [-0.2, 0) is 6.54 Å². The van der Waals surface area contributed by atoms with Crippen LogP contribution in [-0.4, -0.2) is 25.5 Å². The highest BCUT2D eigenvalue weighted by molar-refractivity contribution is 8.00. The molecule has 1 fully saturated rings. The molecule has 108 valence electrons. The predicted molar refractivity (Wildman–Crippen MR) is 86.6 cm³/mol. The van der Waals surface area contributed by atoms with Crippen molar-refractivity contribution in [3.8, 4) is 0 Å². The lowest BCUT2D eigenvalue weighted by molar-refractivity contribution is 0.321. The normalized spacial score (nSPS) is 19.0. The molecule has 20 heavy (non-hydrogen) atoms. The first-order valence-electron chi connectivity index (χ1n) is 7.07. The third-order valence-electron chi connectivity index (χ3n) is 4.37. The lowest BCUT2D eigenvalue weighted by Crippen LogP contribution is -2.38. The number of pyridine rings is 1. The highest BCUT2D eigenvalue weighted by Gasteiger charge is 2.38. The molecule has 0 amide bonds. The van der Waals surface area contributed by atoms with E-state index in [9.17, 15) is 0 Å². The summed E-state index contributed by atoms with van der Waals surface area (Å²) in [5.74, 6) is 0.948. The molecule has 1 unspecified atom stereocenters. The van der Waals surface area contributed by atoms with Gasteiger partial charge in [-0.2, -0.15) is 11.8 Å². The average Bonchev–Trinajstić information content (AvgIpc) is 2.74. The van der Waals surface area contributed by atoms with Crippen LogP contribution in [0.3, 0.4) is 0 Å². The Balaban J connectivity index is 2.12. The van der Waals surface area contributed by atoms with E-state index < -0.39 is 0 Å². The molecule has 0 aromatic carbocycles. The molecular formula is C15H20ClN3S. The number of aromatic nitrogens is 3. The summed E-state index contributed by atoms with van der Waals surface area (Å²) >= 11 is 8.32. The Kier molecular flexibility index (Phi) is 3.71. The number of fused-ring (bicyclic) bond motifs is 1. The molecule has 3 rings (SSSR count). The minimum atomic E-state index is -0.0948. The zero-order valence-electron chi connectivity index (χ0n) is 12.2. The zero-order chi connectivity index (χ0) is 14.3. The van der Waals surface area contributed by atoms with Gasteiger partial charge >= 0.3 is 0 Å². The van der Waals surface area contributed by atoms with Crippen molar-refractivity contribution in [3.63, 3.8) is 0 Å². The van der Waals surface area contributed by atoms with Gasteiger partial charge in [0.2, 0.25) is 0 Å². The highest BCUT2D eigenvalue weighted by atomic mass is 35.5. The van der Waals surface area contributed by atoms with E-state index in [2.05, 4.69) is 22.7 Å². The van der Waals surface area contributed by atoms with Gasteiger partial charge in [0.15, 0.2) is 5.65 Å². The summed E-state index contributed by atoms with van der Waals surface area (Å²) in [7, 11) is 0. The second kappa shape index (κ2) is 5.23. The van der Waals surface area contributed by atoms with Gasteiger partial charge < -0.3 is 4.57 Å². The monoisotopic (exact) mass is 309 g/mol. The van der Waals surface area contributed by atoms with Crippen molar-refractivity contribution in [2.75, 3.05) is 6.26 Å². The summed E-state index contributed by atoms with van der Waals surface area (Å²) in [6, 6.07) is 2.01. The van der Waals surface area contributed by atoms with Crippen LogP contribution in [0.4, 0.5) is 0 Å². The van der Waals surface area contributed by atoms with Crippen LogP contribution >= 0.6 is 23.4 Å². The van der Waals surface area contributed by atoms with Crippen molar-refractivity contribution < 1.29 is 0 Å². The van der Waals surface area contributed by atoms with Crippen molar-refractivity contribution in [1.82, 2.24) is 14.5 Å². The number of aryl methyl sites for hydroxylation is 1. The molecule has 0 N–H and O–H groups in total. The fourth-order valence-corrected chi connectivity index (χ4v) is 4.02. The number of nitrogens with zero attached hydrogens (tertiary/aromatic N) is 3. The number of rotatable bonds is 4. The van der Waals surface area contributed by atoms with Gasteiger partial charge in [-0.05, 0) is 44.6 Å². The summed E-state index contributed by atoms with van der Waals surface area (Å²) in [5, 5.41) is -0.0948. The molecule has 2 aromatic rings. The molecule has 0 spiro atoms. The van der Waals surface area contributed by atoms with E-state index >= 15 is 0 Å². The molecule has 1 saturated carbocycles. The Morgan fingerprint density at radius 2 is 2.25 bits per heavy atom. The Labute approximate surface area is 129 Å². The van der Waals surface area contributed by atoms with Crippen LogP contribution in [0.5, 0.6) is 0 Å². The molecule has 2 aromatic heterocycles. The van der Waals surface area contributed by atoms with Gasteiger partial charge in [0, 0.05) is 17.5 Å². The molecule has 1 aliphatic rings. The number of thioether (sulfide) groups is 1. The second-order valence-corrected chi connectivity index (χ2v) is 7.64. The summed E-state index contributed by atoms with van der Waals surface area (Å²) in [6.45, 7) is 5.03. The maximum atomic E-state index is 6.35. The summed E-state index contributed by atoms with van der Waals surface area (Å²) < 4.78 is 2.59. The Hall–Kier alpha value is -0.740. The van der Waals surface area contributed by atoms with Crippen molar-refractivity contribution >= 4 is 34.5 Å². The van der Waals surface area contributed by atoms with E-state index in [1.54, 1.807) is 0 Å². The van der Waals surface area contributed by atoms with Crippen molar-refractivity contribution in [2.45, 2.75) is 49.8 Å². The van der Waals surface area contributed by atoms with E-state index in [-0.39, 0.29) is 5.38 Å². The first kappa shape index (κ1) is 14.2. The topological polar surface area (TPSA) is 30.7 Å². The van der Waals surface area contributed by atoms with E-state index in [1.807, 2.05) is 30.9 Å². The van der Waals surface area contributed by atoms with E-state index in [4.69, 9.17) is 16.6 Å². The van der Waals surface area contributed by atoms with Crippen LogP contribution < -0.4 is 0 Å². The average molecular weight is 310 g/mol. The van der Waals surface area contributed by atoms with Crippen molar-refractivity contribution in [1.29, 1.82) is 0 Å². The minimum absolute atomic E-state index is 0.0948. The molecule has 0 bridgehead atoms. The van der Waals surface area contributed by atoms with Crippen LogP contribution in [0.2, 0.25) is 0 Å². The summed E-state index contributed by atoms with van der Waals surface area (Å²) in [5.41, 5.74) is 3.14. The molecule has 2 heterocycles. The Morgan fingerprint density at radius 1 is 1.50 bits per heavy atom. The summed E-state index contributed by atoms with van der Waals surface area (Å²) in [6.07, 6.45) is 7.95. The van der Waals surface area contributed by atoms with Crippen LogP contribution in [0, 0.1) is 6.92 Å². The van der Waals surface area contributed by atoms with Crippen LogP contribution in [0.25, 0.3) is 11.2 Å². The van der Waals surface area contributed by atoms with Gasteiger partial charge in [-0.15, -0.1) is 11.6 Å². The van der Waals surface area contributed by atoms with E-state index in [1.165, 1.54) is 24.8 Å². The quantitative estimate of drug-likeness (QED) is 0.788. The summed E-state index contributed by atoms with van der Waals surface area (Å²) in [4.78, 5) is 9.30. The smallest absolute Gasteiger partial charge is 0.160 e. The van der Waals surface area contributed by atoms with E-state index in [0.717, 1.165) is 23.5 Å². The number of imidazole rings is 1. The SMILES string of the molecule is CSC1(Cn2c(C(C)Cl)nc3c(C)ccnc32)CCC1. The molecule has 5 heteroatoms. The predicted octanol–water partition coefficient (Wildman–Crippen LogP) is 4.33. The van der Waals surface area contributed by atoms with Gasteiger partial charge in [-0.25, -0.2) is 9.97 Å². The van der Waals surface area contributed by atoms with Gasteiger partial charge in [0.05, 0.1) is 5.38 Å². The lowest BCUT2D eigenvalue weighted by atomic mass is 9.84. The Morgan fingerprint density at radius 3 is 2.80 bits per heavy atom. The maximum absolute atomic E-state index is 6.35. The van der Waals surface area contributed by atoms with Crippen LogP contribution in [0.15, 0.2) is 12.3 Å². The zero-order valence-corrected chi connectivity index (χ0v) is 13.8. The number of alkyl halides is 1. The standard InChI is InChI=1S/C15H20ClN3S/c1-10-5-8-17-14-12(10)18-13(11(2)16)19(14)9-15(20-3)6-4-7-15/h5,8,11H,4,6-7,9H2,1-3H3. The largest absolute Gasteiger partial charge is 0.310 e. The molecule has 0 radical (unpaired) electrons. The fraction of sp³-hybridized carbons (Fsp3) is 0.600. The van der Waals surface area contributed by atoms with E-state index in [0.29, 0.717) is 4.75 Å². The highest BCUT2D eigenvalue weighted by Crippen LogP contribution is 2.45. The van der Waals surface area contributed by atoms with Crippen molar-refractivity contribution in [2.24, 2.45) is 0 Å². The fourth-order valence-electron chi connectivity index (χ4n) is 2.90.